The van der Waals surface area contributed by atoms with Crippen LogP contribution in [0.5, 0.6) is 0 Å². The average molecular weight is 302 g/mol. The lowest BCUT2D eigenvalue weighted by Crippen LogP contribution is -2.37. The second-order valence-electron chi connectivity index (χ2n) is 4.88. The lowest BCUT2D eigenvalue weighted by atomic mass is 10.1. The van der Waals surface area contributed by atoms with Gasteiger partial charge in [0.1, 0.15) is 5.82 Å². The summed E-state index contributed by atoms with van der Waals surface area (Å²) in [5.74, 6) is -2.74. The topological polar surface area (TPSA) is 70.5 Å². The van der Waals surface area contributed by atoms with Gasteiger partial charge >= 0.3 is 5.97 Å². The molecule has 2 aromatic rings. The van der Waals surface area contributed by atoms with Crippen molar-refractivity contribution in [3.8, 4) is 0 Å². The molecule has 0 aliphatic heterocycles. The van der Waals surface area contributed by atoms with E-state index in [9.17, 15) is 14.0 Å². The first-order chi connectivity index (χ1) is 10.5. The Morgan fingerprint density at radius 3 is 2.68 bits per heavy atom. The minimum Gasteiger partial charge on any atom is -0.481 e. The highest BCUT2D eigenvalue weighted by Gasteiger charge is 2.23. The van der Waals surface area contributed by atoms with E-state index in [2.05, 4.69) is 4.98 Å². The maximum Gasteiger partial charge on any atom is 0.308 e. The van der Waals surface area contributed by atoms with Crippen LogP contribution in [0.1, 0.15) is 17.3 Å². The molecule has 1 aromatic heterocycles. The van der Waals surface area contributed by atoms with Crippen molar-refractivity contribution in [2.24, 2.45) is 5.92 Å². The number of carbonyl (C=O) groups excluding carboxylic acids is 1. The van der Waals surface area contributed by atoms with Crippen molar-refractivity contribution in [1.82, 2.24) is 4.98 Å². The van der Waals surface area contributed by atoms with Crippen LogP contribution in [-0.2, 0) is 4.79 Å². The number of anilines is 1. The summed E-state index contributed by atoms with van der Waals surface area (Å²) in [7, 11) is 0. The molecule has 0 saturated heterocycles. The Bertz CT molecular complexity index is 676. The maximum absolute atomic E-state index is 13.4. The van der Waals surface area contributed by atoms with Gasteiger partial charge in [0, 0.05) is 24.6 Å². The van der Waals surface area contributed by atoms with Gasteiger partial charge in [-0.2, -0.15) is 0 Å². The fraction of sp³-hybridized carbons (Fsp3) is 0.188. The van der Waals surface area contributed by atoms with Crippen molar-refractivity contribution >= 4 is 17.6 Å². The first-order valence-corrected chi connectivity index (χ1v) is 6.69. The second-order valence-corrected chi connectivity index (χ2v) is 4.88. The van der Waals surface area contributed by atoms with Gasteiger partial charge in [-0.25, -0.2) is 4.39 Å². The van der Waals surface area contributed by atoms with Crippen LogP contribution in [0.15, 0.2) is 48.8 Å². The third kappa shape index (κ3) is 3.66. The van der Waals surface area contributed by atoms with Gasteiger partial charge in [0.15, 0.2) is 0 Å². The summed E-state index contributed by atoms with van der Waals surface area (Å²) < 4.78 is 13.4. The number of benzene rings is 1. The molecular weight excluding hydrogens is 287 g/mol. The number of rotatable bonds is 5. The van der Waals surface area contributed by atoms with Crippen molar-refractivity contribution in [1.29, 1.82) is 0 Å². The molecule has 1 unspecified atom stereocenters. The first kappa shape index (κ1) is 15.6. The van der Waals surface area contributed by atoms with E-state index in [1.165, 1.54) is 42.4 Å². The summed E-state index contributed by atoms with van der Waals surface area (Å²) in [5.41, 5.74) is 0.617. The highest BCUT2D eigenvalue weighted by atomic mass is 19.1. The van der Waals surface area contributed by atoms with E-state index in [-0.39, 0.29) is 6.54 Å². The van der Waals surface area contributed by atoms with Crippen molar-refractivity contribution in [2.45, 2.75) is 6.92 Å². The summed E-state index contributed by atoms with van der Waals surface area (Å²) in [6.45, 7) is 1.43. The summed E-state index contributed by atoms with van der Waals surface area (Å²) in [6, 6.07) is 8.68. The van der Waals surface area contributed by atoms with Gasteiger partial charge in [0.2, 0.25) is 0 Å². The number of carboxylic acids is 1. The largest absolute Gasteiger partial charge is 0.481 e. The molecule has 0 radical (unpaired) electrons. The van der Waals surface area contributed by atoms with Gasteiger partial charge in [0.25, 0.3) is 5.91 Å². The van der Waals surface area contributed by atoms with Crippen molar-refractivity contribution in [3.05, 3.63) is 60.2 Å². The highest BCUT2D eigenvalue weighted by molar-refractivity contribution is 6.06. The lowest BCUT2D eigenvalue weighted by Gasteiger charge is -2.24. The third-order valence-corrected chi connectivity index (χ3v) is 3.15. The summed E-state index contributed by atoms with van der Waals surface area (Å²) in [5, 5.41) is 9.06. The number of hydrogen-bond acceptors (Lipinski definition) is 3. The van der Waals surface area contributed by atoms with Crippen LogP contribution >= 0.6 is 0 Å². The number of carboxylic acid groups (broad SMARTS) is 1. The fourth-order valence-electron chi connectivity index (χ4n) is 1.95. The molecule has 22 heavy (non-hydrogen) atoms. The van der Waals surface area contributed by atoms with E-state index in [1.807, 2.05) is 0 Å². The molecule has 6 heteroatoms. The minimum atomic E-state index is -1.03. The number of hydrogen-bond donors (Lipinski definition) is 1. The van der Waals surface area contributed by atoms with E-state index >= 15 is 0 Å². The zero-order valence-electron chi connectivity index (χ0n) is 11.9. The predicted octanol–water partition coefficient (Wildman–Crippen LogP) is 2.59. The molecule has 114 valence electrons. The van der Waals surface area contributed by atoms with Crippen LogP contribution < -0.4 is 4.90 Å². The van der Waals surface area contributed by atoms with Crippen LogP contribution in [0.2, 0.25) is 0 Å². The molecule has 1 atom stereocenters. The Kier molecular flexibility index (Phi) is 4.83. The van der Waals surface area contributed by atoms with Crippen LogP contribution in [0.3, 0.4) is 0 Å². The van der Waals surface area contributed by atoms with Crippen LogP contribution in [0.4, 0.5) is 10.1 Å². The fourth-order valence-corrected chi connectivity index (χ4v) is 1.95. The number of aliphatic carboxylic acids is 1. The molecule has 0 aliphatic carbocycles. The molecule has 1 N–H and O–H groups in total. The normalized spacial score (nSPS) is 11.7. The van der Waals surface area contributed by atoms with Crippen molar-refractivity contribution in [3.63, 3.8) is 0 Å². The van der Waals surface area contributed by atoms with E-state index in [1.54, 1.807) is 18.2 Å². The Labute approximate surface area is 127 Å². The molecule has 5 nitrogen and oxygen atoms in total. The van der Waals surface area contributed by atoms with Gasteiger partial charge in [0.05, 0.1) is 11.5 Å². The van der Waals surface area contributed by atoms with Gasteiger partial charge in [-0.3, -0.25) is 14.6 Å². The molecule has 2 rings (SSSR count). The number of aromatic nitrogens is 1. The Hall–Kier alpha value is -2.76. The Morgan fingerprint density at radius 1 is 1.32 bits per heavy atom. The van der Waals surface area contributed by atoms with Gasteiger partial charge in [-0.1, -0.05) is 13.0 Å². The molecular formula is C16H15FN2O3. The zero-order chi connectivity index (χ0) is 16.1. The van der Waals surface area contributed by atoms with Crippen molar-refractivity contribution < 1.29 is 19.1 Å². The average Bonchev–Trinajstić information content (AvgIpc) is 2.52. The van der Waals surface area contributed by atoms with E-state index in [4.69, 9.17) is 5.11 Å². The van der Waals surface area contributed by atoms with E-state index < -0.39 is 23.6 Å². The monoisotopic (exact) mass is 302 g/mol. The summed E-state index contributed by atoms with van der Waals surface area (Å²) >= 11 is 0. The quantitative estimate of drug-likeness (QED) is 0.921. The van der Waals surface area contributed by atoms with Gasteiger partial charge in [-0.15, -0.1) is 0 Å². The van der Waals surface area contributed by atoms with Crippen LogP contribution in [-0.4, -0.2) is 28.5 Å². The number of nitrogens with zero attached hydrogens (tertiary/aromatic N) is 2. The van der Waals surface area contributed by atoms with Gasteiger partial charge < -0.3 is 10.0 Å². The Balaban J connectivity index is 2.37. The van der Waals surface area contributed by atoms with Gasteiger partial charge in [-0.05, 0) is 30.3 Å². The molecule has 0 aliphatic rings. The molecule has 0 saturated carbocycles. The second kappa shape index (κ2) is 6.80. The Morgan fingerprint density at radius 2 is 2.09 bits per heavy atom. The molecule has 0 fully saturated rings. The van der Waals surface area contributed by atoms with E-state index in [0.29, 0.717) is 11.3 Å². The van der Waals surface area contributed by atoms with Crippen molar-refractivity contribution in [2.75, 3.05) is 11.4 Å². The number of carbonyl (C=O) groups is 2. The molecule has 1 heterocycles. The molecule has 1 aromatic carbocycles. The summed E-state index contributed by atoms with van der Waals surface area (Å²) in [4.78, 5) is 28.8. The van der Waals surface area contributed by atoms with E-state index in [0.717, 1.165) is 0 Å². The highest BCUT2D eigenvalue weighted by Crippen LogP contribution is 2.20. The lowest BCUT2D eigenvalue weighted by molar-refractivity contribution is -0.140. The summed E-state index contributed by atoms with van der Waals surface area (Å²) in [6.07, 6.45) is 2.92. The predicted molar refractivity (Wildman–Crippen MR) is 79.1 cm³/mol. The van der Waals surface area contributed by atoms with Crippen LogP contribution in [0.25, 0.3) is 0 Å². The SMILES string of the molecule is CC(CN(C(=O)c1cccnc1)c1cccc(F)c1)C(=O)O. The molecule has 0 bridgehead atoms. The number of pyridine rings is 1. The van der Waals surface area contributed by atoms with Crippen LogP contribution in [0, 0.1) is 11.7 Å². The molecule has 0 spiro atoms. The number of amides is 1. The molecule has 1 amide bonds. The third-order valence-electron chi connectivity index (χ3n) is 3.15. The maximum atomic E-state index is 13.4. The number of halogens is 1. The zero-order valence-corrected chi connectivity index (χ0v) is 11.9. The smallest absolute Gasteiger partial charge is 0.308 e. The first-order valence-electron chi connectivity index (χ1n) is 6.69. The standard InChI is InChI=1S/C16H15FN2O3/c1-11(16(21)22)10-19(14-6-2-5-13(17)8-14)15(20)12-4-3-7-18-9-12/h2-9,11H,10H2,1H3,(H,21,22). The minimum absolute atomic E-state index is 0.0630.